The molecule has 4 rings (SSSR count). The van der Waals surface area contributed by atoms with E-state index in [9.17, 15) is 18.0 Å². The van der Waals surface area contributed by atoms with E-state index in [4.69, 9.17) is 0 Å². The van der Waals surface area contributed by atoms with Crippen molar-refractivity contribution in [3.05, 3.63) is 101 Å². The van der Waals surface area contributed by atoms with Crippen molar-refractivity contribution >= 4 is 27.5 Å². The van der Waals surface area contributed by atoms with Gasteiger partial charge in [-0.1, -0.05) is 93.4 Å². The lowest BCUT2D eigenvalue weighted by Gasteiger charge is -2.34. The number of hydrogen-bond acceptors (Lipinski definition) is 4. The van der Waals surface area contributed by atoms with Crippen LogP contribution in [0.1, 0.15) is 67.7 Å². The number of nitrogens with one attached hydrogen (secondary N) is 1. The molecule has 1 saturated carbocycles. The summed E-state index contributed by atoms with van der Waals surface area (Å²) in [6.07, 6.45) is 5.40. The molecule has 0 spiro atoms. The summed E-state index contributed by atoms with van der Waals surface area (Å²) in [6.45, 7) is 5.89. The van der Waals surface area contributed by atoms with Gasteiger partial charge in [0.05, 0.1) is 11.9 Å². The number of nitrogens with zero attached hydrogens (tertiary/aromatic N) is 2. The molecule has 7 nitrogen and oxygen atoms in total. The summed E-state index contributed by atoms with van der Waals surface area (Å²) in [6, 6.07) is 23.9. The maximum Gasteiger partial charge on any atom is 0.244 e. The molecule has 0 saturated heterocycles. The van der Waals surface area contributed by atoms with Crippen molar-refractivity contribution in [3.8, 4) is 0 Å². The standard InChI is InChI=1S/C34H43N3O4S/c1-25(2)28-18-20-31(21-19-28)37(42(4,40)41)24-33(38)36(23-29-15-9-8-12-26(29)3)32(22-27-13-6-5-7-14-27)34(39)35-30-16-10-11-17-30/h5-9,12-15,18-21,25,30,32H,10-11,16-17,22-24H2,1-4H3,(H,35,39)/t32-/m1/s1. The van der Waals surface area contributed by atoms with E-state index in [1.807, 2.05) is 73.7 Å². The SMILES string of the molecule is Cc1ccccc1CN(C(=O)CN(c1ccc(C(C)C)cc1)S(C)(=O)=O)[C@H](Cc1ccccc1)C(=O)NC1CCCC1. The Morgan fingerprint density at radius 1 is 0.905 bits per heavy atom. The maximum absolute atomic E-state index is 14.3. The van der Waals surface area contributed by atoms with E-state index in [-0.39, 0.29) is 24.4 Å². The first-order chi connectivity index (χ1) is 20.0. The van der Waals surface area contributed by atoms with Gasteiger partial charge in [-0.25, -0.2) is 8.42 Å². The molecule has 42 heavy (non-hydrogen) atoms. The topological polar surface area (TPSA) is 86.8 Å². The molecule has 1 fully saturated rings. The fraction of sp³-hybridized carbons (Fsp3) is 0.412. The number of hydrogen-bond donors (Lipinski definition) is 1. The van der Waals surface area contributed by atoms with Gasteiger partial charge in [0.2, 0.25) is 21.8 Å². The van der Waals surface area contributed by atoms with E-state index in [1.165, 1.54) is 0 Å². The maximum atomic E-state index is 14.3. The molecule has 8 heteroatoms. The molecule has 0 aliphatic heterocycles. The number of rotatable bonds is 12. The molecule has 0 heterocycles. The van der Waals surface area contributed by atoms with E-state index in [2.05, 4.69) is 19.2 Å². The van der Waals surface area contributed by atoms with Crippen LogP contribution in [0.4, 0.5) is 5.69 Å². The molecule has 224 valence electrons. The van der Waals surface area contributed by atoms with Crippen molar-refractivity contribution in [3.63, 3.8) is 0 Å². The molecule has 2 amide bonds. The predicted octanol–water partition coefficient (Wildman–Crippen LogP) is 5.58. The van der Waals surface area contributed by atoms with E-state index < -0.39 is 28.5 Å². The normalized spacial score (nSPS) is 14.5. The third-order valence-corrected chi connectivity index (χ3v) is 9.24. The highest BCUT2D eigenvalue weighted by Crippen LogP contribution is 2.24. The second kappa shape index (κ2) is 14.0. The largest absolute Gasteiger partial charge is 0.352 e. The fourth-order valence-electron chi connectivity index (χ4n) is 5.53. The summed E-state index contributed by atoms with van der Waals surface area (Å²) in [5.74, 6) is -0.354. The monoisotopic (exact) mass is 589 g/mol. The molecule has 0 unspecified atom stereocenters. The zero-order chi connectivity index (χ0) is 30.3. The van der Waals surface area contributed by atoms with Crippen LogP contribution in [-0.2, 0) is 32.6 Å². The summed E-state index contributed by atoms with van der Waals surface area (Å²) in [4.78, 5) is 29.8. The van der Waals surface area contributed by atoms with Crippen molar-refractivity contribution < 1.29 is 18.0 Å². The van der Waals surface area contributed by atoms with Crippen LogP contribution in [0.15, 0.2) is 78.9 Å². The van der Waals surface area contributed by atoms with Crippen molar-refractivity contribution in [2.24, 2.45) is 0 Å². The highest BCUT2D eigenvalue weighted by molar-refractivity contribution is 7.92. The molecule has 0 radical (unpaired) electrons. The zero-order valence-corrected chi connectivity index (χ0v) is 25.9. The third-order valence-electron chi connectivity index (χ3n) is 8.10. The average molecular weight is 590 g/mol. The minimum atomic E-state index is -3.80. The second-order valence-corrected chi connectivity index (χ2v) is 13.6. The highest BCUT2D eigenvalue weighted by atomic mass is 32.2. The van der Waals surface area contributed by atoms with Crippen LogP contribution >= 0.6 is 0 Å². The fourth-order valence-corrected chi connectivity index (χ4v) is 6.38. The van der Waals surface area contributed by atoms with Crippen LogP contribution in [0.5, 0.6) is 0 Å². The quantitative estimate of drug-likeness (QED) is 0.299. The van der Waals surface area contributed by atoms with Crippen LogP contribution in [0.3, 0.4) is 0 Å². The average Bonchev–Trinajstić information content (AvgIpc) is 3.47. The Balaban J connectivity index is 1.72. The minimum absolute atomic E-state index is 0.0816. The van der Waals surface area contributed by atoms with Crippen molar-refractivity contribution in [2.45, 2.75) is 77.4 Å². The third kappa shape index (κ3) is 8.22. The first kappa shape index (κ1) is 31.3. The Morgan fingerprint density at radius 3 is 2.12 bits per heavy atom. The molecule has 0 bridgehead atoms. The summed E-state index contributed by atoms with van der Waals surface area (Å²) in [5, 5.41) is 3.20. The summed E-state index contributed by atoms with van der Waals surface area (Å²) >= 11 is 0. The number of amides is 2. The lowest BCUT2D eigenvalue weighted by Crippen LogP contribution is -2.54. The van der Waals surface area contributed by atoms with Crippen molar-refractivity contribution in [1.29, 1.82) is 0 Å². The smallest absolute Gasteiger partial charge is 0.244 e. The molecule has 3 aromatic rings. The first-order valence-corrected chi connectivity index (χ1v) is 16.6. The lowest BCUT2D eigenvalue weighted by molar-refractivity contribution is -0.140. The summed E-state index contributed by atoms with van der Waals surface area (Å²) in [7, 11) is -3.80. The second-order valence-electron chi connectivity index (χ2n) is 11.7. The van der Waals surface area contributed by atoms with Gasteiger partial charge >= 0.3 is 0 Å². The number of aryl methyl sites for hydroxylation is 1. The Morgan fingerprint density at radius 2 is 1.52 bits per heavy atom. The number of carbonyl (C=O) groups is 2. The first-order valence-electron chi connectivity index (χ1n) is 14.8. The van der Waals surface area contributed by atoms with Crippen molar-refractivity contribution in [2.75, 3.05) is 17.1 Å². The van der Waals surface area contributed by atoms with E-state index in [0.717, 1.165) is 58.5 Å². The molecule has 3 aromatic carbocycles. The predicted molar refractivity (Wildman–Crippen MR) is 169 cm³/mol. The van der Waals surface area contributed by atoms with Crippen LogP contribution in [0, 0.1) is 6.92 Å². The zero-order valence-electron chi connectivity index (χ0n) is 25.1. The Kier molecular flexibility index (Phi) is 10.4. The molecule has 1 aliphatic rings. The molecular formula is C34H43N3O4S. The number of anilines is 1. The van der Waals surface area contributed by atoms with Crippen molar-refractivity contribution in [1.82, 2.24) is 10.2 Å². The van der Waals surface area contributed by atoms with Gasteiger partial charge in [-0.2, -0.15) is 0 Å². The van der Waals surface area contributed by atoms with Crippen LogP contribution < -0.4 is 9.62 Å². The Bertz CT molecular complexity index is 1450. The number of carbonyl (C=O) groups excluding carboxylic acids is 2. The highest BCUT2D eigenvalue weighted by Gasteiger charge is 2.34. The van der Waals surface area contributed by atoms with Crippen LogP contribution in [0.2, 0.25) is 0 Å². The van der Waals surface area contributed by atoms with E-state index in [0.29, 0.717) is 12.1 Å². The molecular weight excluding hydrogens is 546 g/mol. The van der Waals surface area contributed by atoms with Gasteiger partial charge in [-0.3, -0.25) is 13.9 Å². The Labute approximate surface area is 251 Å². The molecule has 1 N–H and O–H groups in total. The van der Waals surface area contributed by atoms with Gasteiger partial charge in [0.1, 0.15) is 12.6 Å². The Hall–Kier alpha value is -3.65. The van der Waals surface area contributed by atoms with Gasteiger partial charge in [0.25, 0.3) is 0 Å². The minimum Gasteiger partial charge on any atom is -0.352 e. The van der Waals surface area contributed by atoms with Crippen LogP contribution in [0.25, 0.3) is 0 Å². The van der Waals surface area contributed by atoms with Gasteiger partial charge in [0, 0.05) is 19.0 Å². The number of benzene rings is 3. The van der Waals surface area contributed by atoms with E-state index >= 15 is 0 Å². The molecule has 1 aliphatic carbocycles. The molecule has 0 aromatic heterocycles. The number of sulfonamides is 1. The summed E-state index contributed by atoms with van der Waals surface area (Å²) in [5.41, 5.74) is 4.32. The van der Waals surface area contributed by atoms with Gasteiger partial charge in [-0.15, -0.1) is 0 Å². The van der Waals surface area contributed by atoms with Crippen LogP contribution in [-0.4, -0.2) is 50.0 Å². The van der Waals surface area contributed by atoms with Gasteiger partial charge in [0.15, 0.2) is 0 Å². The molecule has 1 atom stereocenters. The van der Waals surface area contributed by atoms with Gasteiger partial charge in [-0.05, 0) is 60.1 Å². The van der Waals surface area contributed by atoms with Gasteiger partial charge < -0.3 is 10.2 Å². The van der Waals surface area contributed by atoms with E-state index in [1.54, 1.807) is 17.0 Å². The lowest BCUT2D eigenvalue weighted by atomic mass is 10.0. The summed E-state index contributed by atoms with van der Waals surface area (Å²) < 4.78 is 27.2.